The molecule has 0 spiro atoms. The van der Waals surface area contributed by atoms with Crippen molar-refractivity contribution in [3.8, 4) is 5.75 Å². The predicted octanol–water partition coefficient (Wildman–Crippen LogP) is 3.49. The fourth-order valence-electron chi connectivity index (χ4n) is 2.76. The lowest BCUT2D eigenvalue weighted by Crippen LogP contribution is -2.37. The van der Waals surface area contributed by atoms with Crippen molar-refractivity contribution in [2.75, 3.05) is 20.3 Å². The summed E-state index contributed by atoms with van der Waals surface area (Å²) in [6, 6.07) is 5.81. The van der Waals surface area contributed by atoms with Gasteiger partial charge in [0.2, 0.25) is 0 Å². The number of hydrogen-bond donors (Lipinski definition) is 0. The van der Waals surface area contributed by atoms with Crippen molar-refractivity contribution in [2.45, 2.75) is 17.9 Å². The van der Waals surface area contributed by atoms with Crippen LogP contribution >= 0.6 is 11.6 Å². The Balaban J connectivity index is 1.87. The summed E-state index contributed by atoms with van der Waals surface area (Å²) in [5.74, 6) is -0.363. The first kappa shape index (κ1) is 16.1. The topological polar surface area (TPSA) is 34.1 Å². The van der Waals surface area contributed by atoms with E-state index < -0.39 is 12.0 Å². The van der Waals surface area contributed by atoms with Gasteiger partial charge in [0.25, 0.3) is 0 Å². The van der Waals surface area contributed by atoms with Crippen LogP contribution in [0.3, 0.4) is 0 Å². The van der Waals surface area contributed by atoms with Crippen LogP contribution in [-0.2, 0) is 4.74 Å². The quantitative estimate of drug-likeness (QED) is 0.607. The molecule has 2 aliphatic rings. The Bertz CT molecular complexity index is 643. The third-order valence-corrected chi connectivity index (χ3v) is 4.18. The second kappa shape index (κ2) is 6.05. The first-order chi connectivity index (χ1) is 10.8. The average Bonchev–Trinajstić information content (AvgIpc) is 2.50. The van der Waals surface area contributed by atoms with E-state index in [1.54, 1.807) is 18.3 Å². The van der Waals surface area contributed by atoms with Gasteiger partial charge in [0.05, 0.1) is 13.2 Å². The molecule has 3 rings (SSSR count). The molecule has 2 heterocycles. The third kappa shape index (κ3) is 3.45. The Labute approximate surface area is 136 Å². The molecule has 2 unspecified atom stereocenters. The molecule has 1 aromatic carbocycles. The molecular formula is C15H14ClF3N2O2. The molecule has 4 nitrogen and oxygen atoms in total. The van der Waals surface area contributed by atoms with Gasteiger partial charge < -0.3 is 14.4 Å². The van der Waals surface area contributed by atoms with E-state index in [4.69, 9.17) is 16.3 Å². The van der Waals surface area contributed by atoms with E-state index in [2.05, 4.69) is 9.73 Å². The van der Waals surface area contributed by atoms with E-state index in [9.17, 15) is 13.2 Å². The molecule has 23 heavy (non-hydrogen) atoms. The van der Waals surface area contributed by atoms with Crippen molar-refractivity contribution in [3.63, 3.8) is 0 Å². The van der Waals surface area contributed by atoms with Crippen LogP contribution in [0.2, 0.25) is 0 Å². The number of likely N-dealkylation sites (N-methyl/N-ethyl adjacent to an activating group) is 1. The molecular weight excluding hydrogens is 333 g/mol. The highest BCUT2D eigenvalue weighted by Gasteiger charge is 2.33. The summed E-state index contributed by atoms with van der Waals surface area (Å²) in [6.07, 6.45) is -3.00. The van der Waals surface area contributed by atoms with Gasteiger partial charge in [0.15, 0.2) is 5.62 Å². The molecule has 0 saturated carbocycles. The molecule has 0 amide bonds. The maximum atomic E-state index is 12.2. The highest BCUT2D eigenvalue weighted by atomic mass is 35.5. The fourth-order valence-corrected chi connectivity index (χ4v) is 2.92. The van der Waals surface area contributed by atoms with Gasteiger partial charge in [-0.05, 0) is 17.7 Å². The van der Waals surface area contributed by atoms with Crippen LogP contribution in [0.1, 0.15) is 11.5 Å². The first-order valence-electron chi connectivity index (χ1n) is 6.92. The van der Waals surface area contributed by atoms with E-state index in [1.165, 1.54) is 12.1 Å². The molecule has 0 N–H and O–H groups in total. The second-order valence-electron chi connectivity index (χ2n) is 5.29. The highest BCUT2D eigenvalue weighted by molar-refractivity contribution is 6.21. The van der Waals surface area contributed by atoms with Crippen molar-refractivity contribution in [3.05, 3.63) is 41.1 Å². The zero-order valence-corrected chi connectivity index (χ0v) is 12.9. The van der Waals surface area contributed by atoms with E-state index in [0.717, 1.165) is 16.8 Å². The van der Waals surface area contributed by atoms with Crippen LogP contribution in [0.25, 0.3) is 0 Å². The Morgan fingerprint density at radius 2 is 2.00 bits per heavy atom. The smallest absolute Gasteiger partial charge is 0.406 e. The molecule has 0 fully saturated rings. The molecule has 2 aliphatic heterocycles. The number of benzene rings is 1. The maximum absolute atomic E-state index is 12.2. The summed E-state index contributed by atoms with van der Waals surface area (Å²) < 4.78 is 46.1. The van der Waals surface area contributed by atoms with E-state index in [0.29, 0.717) is 13.2 Å². The molecule has 0 saturated heterocycles. The van der Waals surface area contributed by atoms with E-state index >= 15 is 0 Å². The number of ether oxygens (including phenoxy) is 2. The Hall–Kier alpha value is -1.73. The number of rotatable bonds is 2. The number of hydrogen-bond acceptors (Lipinski definition) is 4. The Morgan fingerprint density at radius 1 is 1.30 bits per heavy atom. The SMILES string of the molecule is CN1C2=C(C=NC1Cl)COCC2c1ccc(OC(F)(F)F)cc1. The van der Waals surface area contributed by atoms with Crippen LogP contribution in [0, 0.1) is 0 Å². The Kier molecular flexibility index (Phi) is 4.25. The van der Waals surface area contributed by atoms with Crippen LogP contribution in [-0.4, -0.2) is 43.4 Å². The minimum atomic E-state index is -4.70. The summed E-state index contributed by atoms with van der Waals surface area (Å²) in [4.78, 5) is 6.01. The largest absolute Gasteiger partial charge is 0.573 e. The summed E-state index contributed by atoms with van der Waals surface area (Å²) in [7, 11) is 1.84. The van der Waals surface area contributed by atoms with Crippen molar-refractivity contribution < 1.29 is 22.6 Å². The minimum Gasteiger partial charge on any atom is -0.406 e. The van der Waals surface area contributed by atoms with Crippen LogP contribution in [0.4, 0.5) is 13.2 Å². The summed E-state index contributed by atoms with van der Waals surface area (Å²) in [5, 5.41) is 0. The lowest BCUT2D eigenvalue weighted by atomic mass is 9.90. The second-order valence-corrected chi connectivity index (χ2v) is 5.69. The van der Waals surface area contributed by atoms with Crippen LogP contribution < -0.4 is 4.74 Å². The molecule has 0 radical (unpaired) electrons. The van der Waals surface area contributed by atoms with Gasteiger partial charge in [-0.15, -0.1) is 13.2 Å². The van der Waals surface area contributed by atoms with Gasteiger partial charge in [-0.25, -0.2) is 0 Å². The Morgan fingerprint density at radius 3 is 2.65 bits per heavy atom. The molecule has 8 heteroatoms. The zero-order chi connectivity index (χ0) is 16.6. The highest BCUT2D eigenvalue weighted by Crippen LogP contribution is 2.36. The fraction of sp³-hybridized carbons (Fsp3) is 0.400. The van der Waals surface area contributed by atoms with Gasteiger partial charge in [0, 0.05) is 30.5 Å². The standard InChI is InChI=1S/C15H14ClF3N2O2/c1-21-13-10(6-20-14(21)16)7-22-8-12(13)9-2-4-11(5-3-9)23-15(17,18)19/h2-6,12,14H,7-8H2,1H3. The number of alkyl halides is 4. The normalized spacial score (nSPS) is 24.7. The van der Waals surface area contributed by atoms with E-state index in [1.807, 2.05) is 11.9 Å². The van der Waals surface area contributed by atoms with Crippen LogP contribution in [0.5, 0.6) is 5.75 Å². The number of halogens is 4. The summed E-state index contributed by atoms with van der Waals surface area (Å²) in [6.45, 7) is 0.874. The first-order valence-corrected chi connectivity index (χ1v) is 7.35. The summed E-state index contributed by atoms with van der Waals surface area (Å²) in [5.41, 5.74) is 2.24. The predicted molar refractivity (Wildman–Crippen MR) is 79.6 cm³/mol. The van der Waals surface area contributed by atoms with Gasteiger partial charge in [-0.3, -0.25) is 4.99 Å². The molecule has 1 aromatic rings. The average molecular weight is 347 g/mol. The zero-order valence-electron chi connectivity index (χ0n) is 12.2. The van der Waals surface area contributed by atoms with Crippen molar-refractivity contribution in [2.24, 2.45) is 4.99 Å². The minimum absolute atomic E-state index is 0.114. The molecule has 0 bridgehead atoms. The maximum Gasteiger partial charge on any atom is 0.573 e. The van der Waals surface area contributed by atoms with Crippen LogP contribution in [0.15, 0.2) is 40.5 Å². The lowest BCUT2D eigenvalue weighted by molar-refractivity contribution is -0.274. The molecule has 0 aliphatic carbocycles. The number of aliphatic imine (C=N–C) groups is 1. The van der Waals surface area contributed by atoms with Crippen molar-refractivity contribution >= 4 is 17.8 Å². The summed E-state index contributed by atoms with van der Waals surface area (Å²) >= 11 is 6.15. The van der Waals surface area contributed by atoms with Crippen molar-refractivity contribution in [1.82, 2.24) is 4.90 Å². The number of nitrogens with zero attached hydrogens (tertiary/aromatic N) is 2. The molecule has 124 valence electrons. The van der Waals surface area contributed by atoms with E-state index in [-0.39, 0.29) is 11.7 Å². The van der Waals surface area contributed by atoms with Gasteiger partial charge in [-0.2, -0.15) is 0 Å². The molecule has 2 atom stereocenters. The van der Waals surface area contributed by atoms with Gasteiger partial charge in [0.1, 0.15) is 5.75 Å². The van der Waals surface area contributed by atoms with Crippen molar-refractivity contribution in [1.29, 1.82) is 0 Å². The monoisotopic (exact) mass is 346 g/mol. The molecule has 0 aromatic heterocycles. The lowest BCUT2D eigenvalue weighted by Gasteiger charge is -2.38. The van der Waals surface area contributed by atoms with Gasteiger partial charge in [-0.1, -0.05) is 23.7 Å². The van der Waals surface area contributed by atoms with Gasteiger partial charge >= 0.3 is 6.36 Å². The third-order valence-electron chi connectivity index (χ3n) is 3.77.